The van der Waals surface area contributed by atoms with E-state index in [1.165, 1.54) is 0 Å². The molecule has 0 saturated carbocycles. The second kappa shape index (κ2) is 3.75. The van der Waals surface area contributed by atoms with Crippen molar-refractivity contribution in [3.63, 3.8) is 0 Å². The van der Waals surface area contributed by atoms with Gasteiger partial charge >= 0.3 is 0 Å². The fraction of sp³-hybridized carbons (Fsp3) is 0.400. The zero-order valence-electron chi connectivity index (χ0n) is 8.85. The lowest BCUT2D eigenvalue weighted by Gasteiger charge is -2.16. The quantitative estimate of drug-likeness (QED) is 0.804. The minimum Gasteiger partial charge on any atom is -0.369 e. The zero-order valence-corrected chi connectivity index (χ0v) is 9.67. The molecular formula is C10H12N2O2S. The highest BCUT2D eigenvalue weighted by atomic mass is 32.1. The first kappa shape index (κ1) is 10.3. The zero-order chi connectivity index (χ0) is 10.9. The molecule has 4 nitrogen and oxygen atoms in total. The Balaban J connectivity index is 2.33. The van der Waals surface area contributed by atoms with Crippen LogP contribution in [0.1, 0.15) is 19.7 Å². The predicted octanol–water partition coefficient (Wildman–Crippen LogP) is 2.68. The largest absolute Gasteiger partial charge is 0.369 e. The van der Waals surface area contributed by atoms with Crippen molar-refractivity contribution in [1.82, 2.24) is 10.1 Å². The first-order valence-corrected chi connectivity index (χ1v) is 5.49. The lowest BCUT2D eigenvalue weighted by atomic mass is 10.1. The molecule has 0 saturated heterocycles. The third-order valence-corrected chi connectivity index (χ3v) is 2.91. The number of ether oxygens (including phenoxy) is 1. The van der Waals surface area contributed by atoms with Crippen LogP contribution in [-0.4, -0.2) is 17.3 Å². The SMILES string of the molecule is COC(C)(C)c1nc(-c2ccsc2)no1. The van der Waals surface area contributed by atoms with Gasteiger partial charge in [-0.2, -0.15) is 16.3 Å². The monoisotopic (exact) mass is 224 g/mol. The Hall–Kier alpha value is -1.20. The van der Waals surface area contributed by atoms with E-state index in [2.05, 4.69) is 10.1 Å². The smallest absolute Gasteiger partial charge is 0.258 e. The highest BCUT2D eigenvalue weighted by molar-refractivity contribution is 7.08. The molecule has 0 aliphatic rings. The minimum atomic E-state index is -0.540. The normalized spacial score (nSPS) is 11.9. The molecule has 0 amide bonds. The average molecular weight is 224 g/mol. The molecule has 0 atom stereocenters. The number of rotatable bonds is 3. The molecule has 0 fully saturated rings. The number of hydrogen-bond acceptors (Lipinski definition) is 5. The summed E-state index contributed by atoms with van der Waals surface area (Å²) in [6.45, 7) is 3.77. The molecule has 2 heterocycles. The van der Waals surface area contributed by atoms with Crippen LogP contribution in [0.4, 0.5) is 0 Å². The average Bonchev–Trinajstić information content (AvgIpc) is 2.88. The molecule has 5 heteroatoms. The Morgan fingerprint density at radius 1 is 1.47 bits per heavy atom. The van der Waals surface area contributed by atoms with E-state index in [9.17, 15) is 0 Å². The van der Waals surface area contributed by atoms with Crippen molar-refractivity contribution in [2.75, 3.05) is 7.11 Å². The maximum Gasteiger partial charge on any atom is 0.258 e. The maximum atomic E-state index is 5.26. The second-order valence-corrected chi connectivity index (χ2v) is 4.43. The summed E-state index contributed by atoms with van der Waals surface area (Å²) >= 11 is 1.60. The van der Waals surface area contributed by atoms with Crippen molar-refractivity contribution in [3.8, 4) is 11.4 Å². The van der Waals surface area contributed by atoms with Gasteiger partial charge in [-0.25, -0.2) is 0 Å². The van der Waals surface area contributed by atoms with Crippen LogP contribution in [-0.2, 0) is 10.3 Å². The van der Waals surface area contributed by atoms with Crippen molar-refractivity contribution in [2.45, 2.75) is 19.4 Å². The van der Waals surface area contributed by atoms with Gasteiger partial charge in [0, 0.05) is 18.1 Å². The Bertz CT molecular complexity index is 434. The number of aromatic nitrogens is 2. The van der Waals surface area contributed by atoms with E-state index < -0.39 is 5.60 Å². The molecule has 2 aromatic rings. The third kappa shape index (κ3) is 1.93. The van der Waals surface area contributed by atoms with E-state index in [1.54, 1.807) is 18.4 Å². The van der Waals surface area contributed by atoms with E-state index in [1.807, 2.05) is 30.7 Å². The van der Waals surface area contributed by atoms with Crippen LogP contribution in [0.25, 0.3) is 11.4 Å². The summed E-state index contributed by atoms with van der Waals surface area (Å²) < 4.78 is 10.4. The van der Waals surface area contributed by atoms with Gasteiger partial charge in [0.15, 0.2) is 0 Å². The first-order chi connectivity index (χ1) is 7.13. The van der Waals surface area contributed by atoms with Crippen LogP contribution >= 0.6 is 11.3 Å². The minimum absolute atomic E-state index is 0.492. The van der Waals surface area contributed by atoms with Gasteiger partial charge in [0.2, 0.25) is 5.82 Å². The molecule has 0 N–H and O–H groups in total. The Kier molecular flexibility index (Phi) is 2.58. The molecule has 0 bridgehead atoms. The van der Waals surface area contributed by atoms with Crippen LogP contribution < -0.4 is 0 Å². The first-order valence-electron chi connectivity index (χ1n) is 4.55. The van der Waals surface area contributed by atoms with Gasteiger partial charge in [0.25, 0.3) is 5.89 Å². The molecular weight excluding hydrogens is 212 g/mol. The van der Waals surface area contributed by atoms with Gasteiger partial charge in [-0.05, 0) is 25.3 Å². The number of thiophene rings is 1. The van der Waals surface area contributed by atoms with E-state index in [0.29, 0.717) is 11.7 Å². The van der Waals surface area contributed by atoms with Gasteiger partial charge in [-0.1, -0.05) is 5.16 Å². The van der Waals surface area contributed by atoms with Gasteiger partial charge < -0.3 is 9.26 Å². The summed E-state index contributed by atoms with van der Waals surface area (Å²) in [6, 6.07) is 1.96. The topological polar surface area (TPSA) is 48.2 Å². The number of methoxy groups -OCH3 is 1. The van der Waals surface area contributed by atoms with Crippen molar-refractivity contribution in [1.29, 1.82) is 0 Å². The molecule has 0 aromatic carbocycles. The van der Waals surface area contributed by atoms with Crippen molar-refractivity contribution >= 4 is 11.3 Å². The standard InChI is InChI=1S/C10H12N2O2S/c1-10(2,13-3)9-11-8(12-14-9)7-4-5-15-6-7/h4-6H,1-3H3. The third-order valence-electron chi connectivity index (χ3n) is 2.23. The van der Waals surface area contributed by atoms with Crippen LogP contribution in [0.3, 0.4) is 0 Å². The fourth-order valence-electron chi connectivity index (χ4n) is 1.06. The number of hydrogen-bond donors (Lipinski definition) is 0. The molecule has 0 unspecified atom stereocenters. The highest BCUT2D eigenvalue weighted by Gasteiger charge is 2.27. The summed E-state index contributed by atoms with van der Waals surface area (Å²) in [5.41, 5.74) is 0.434. The van der Waals surface area contributed by atoms with E-state index in [-0.39, 0.29) is 0 Å². The second-order valence-electron chi connectivity index (χ2n) is 3.65. The summed E-state index contributed by atoms with van der Waals surface area (Å²) in [6.07, 6.45) is 0. The molecule has 0 spiro atoms. The molecule has 2 rings (SSSR count). The fourth-order valence-corrected chi connectivity index (χ4v) is 1.70. The van der Waals surface area contributed by atoms with Gasteiger partial charge in [-0.3, -0.25) is 0 Å². The Morgan fingerprint density at radius 2 is 2.27 bits per heavy atom. The van der Waals surface area contributed by atoms with Gasteiger partial charge in [0.1, 0.15) is 5.60 Å². The number of nitrogens with zero attached hydrogens (tertiary/aromatic N) is 2. The predicted molar refractivity (Wildman–Crippen MR) is 57.6 cm³/mol. The van der Waals surface area contributed by atoms with E-state index in [4.69, 9.17) is 9.26 Å². The van der Waals surface area contributed by atoms with Gasteiger partial charge in [0.05, 0.1) is 0 Å². The summed E-state index contributed by atoms with van der Waals surface area (Å²) in [7, 11) is 1.62. The van der Waals surface area contributed by atoms with Crippen LogP contribution in [0.15, 0.2) is 21.3 Å². The molecule has 0 aliphatic carbocycles. The van der Waals surface area contributed by atoms with Crippen LogP contribution in [0.5, 0.6) is 0 Å². The van der Waals surface area contributed by atoms with Crippen molar-refractivity contribution in [2.24, 2.45) is 0 Å². The van der Waals surface area contributed by atoms with Crippen LogP contribution in [0.2, 0.25) is 0 Å². The molecule has 15 heavy (non-hydrogen) atoms. The lowest BCUT2D eigenvalue weighted by molar-refractivity contribution is -0.00786. The van der Waals surface area contributed by atoms with Crippen LogP contribution in [0, 0.1) is 0 Å². The molecule has 0 radical (unpaired) electrons. The maximum absolute atomic E-state index is 5.26. The molecule has 2 aromatic heterocycles. The Morgan fingerprint density at radius 3 is 2.87 bits per heavy atom. The summed E-state index contributed by atoms with van der Waals surface area (Å²) in [5.74, 6) is 1.10. The summed E-state index contributed by atoms with van der Waals surface area (Å²) in [5, 5.41) is 7.87. The van der Waals surface area contributed by atoms with E-state index in [0.717, 1.165) is 5.56 Å². The van der Waals surface area contributed by atoms with Crippen molar-refractivity contribution in [3.05, 3.63) is 22.7 Å². The van der Waals surface area contributed by atoms with Crippen molar-refractivity contribution < 1.29 is 9.26 Å². The van der Waals surface area contributed by atoms with Gasteiger partial charge in [-0.15, -0.1) is 0 Å². The Labute approximate surface area is 91.9 Å². The molecule has 80 valence electrons. The highest BCUT2D eigenvalue weighted by Crippen LogP contribution is 2.25. The summed E-state index contributed by atoms with van der Waals surface area (Å²) in [4.78, 5) is 4.30. The lowest BCUT2D eigenvalue weighted by Crippen LogP contribution is -2.19. The molecule has 0 aliphatic heterocycles. The van der Waals surface area contributed by atoms with E-state index >= 15 is 0 Å².